The van der Waals surface area contributed by atoms with Gasteiger partial charge < -0.3 is 10.1 Å². The van der Waals surface area contributed by atoms with Gasteiger partial charge in [-0.1, -0.05) is 18.2 Å². The maximum absolute atomic E-state index is 12.1. The third-order valence-electron chi connectivity index (χ3n) is 2.36. The van der Waals surface area contributed by atoms with Gasteiger partial charge >= 0.3 is 12.2 Å². The Morgan fingerprint density at radius 1 is 1.20 bits per heavy atom. The number of anilines is 2. The molecule has 0 unspecified atom stereocenters. The van der Waals surface area contributed by atoms with Crippen LogP contribution in [0.3, 0.4) is 0 Å². The van der Waals surface area contributed by atoms with Crippen LogP contribution in [0.2, 0.25) is 0 Å². The number of para-hydroxylation sites is 1. The summed E-state index contributed by atoms with van der Waals surface area (Å²) < 4.78 is 4.64. The van der Waals surface area contributed by atoms with Gasteiger partial charge in [-0.05, 0) is 12.1 Å². The number of carbonyl (C=O) groups excluding carboxylic acids is 2. The topological polar surface area (TPSA) is 84.4 Å². The summed E-state index contributed by atoms with van der Waals surface area (Å²) in [4.78, 5) is 32.4. The molecule has 0 bridgehead atoms. The molecule has 0 fully saturated rings. The fourth-order valence-corrected chi connectivity index (χ4v) is 1.49. The molecule has 7 nitrogen and oxygen atoms in total. The summed E-state index contributed by atoms with van der Waals surface area (Å²) in [6.45, 7) is 0. The van der Waals surface area contributed by atoms with Crippen LogP contribution >= 0.6 is 0 Å². The molecule has 0 aliphatic carbocycles. The maximum Gasteiger partial charge on any atom is 0.429 e. The minimum Gasteiger partial charge on any atom is -0.359 e. The summed E-state index contributed by atoms with van der Waals surface area (Å²) in [7, 11) is 1.37. The van der Waals surface area contributed by atoms with Crippen LogP contribution in [0.4, 0.5) is 21.1 Å². The van der Waals surface area contributed by atoms with Crippen molar-refractivity contribution in [2.24, 2.45) is 0 Å². The average molecular weight is 272 g/mol. The predicted octanol–water partition coefficient (Wildman–Crippen LogP) is 2.09. The molecule has 2 aromatic rings. The third-order valence-corrected chi connectivity index (χ3v) is 2.36. The van der Waals surface area contributed by atoms with E-state index in [0.29, 0.717) is 5.69 Å². The number of nitrogens with zero attached hydrogens (tertiary/aromatic N) is 3. The first-order chi connectivity index (χ1) is 9.72. The molecule has 0 spiro atoms. The number of rotatable bonds is 2. The Morgan fingerprint density at radius 3 is 2.55 bits per heavy atom. The molecule has 0 saturated carbocycles. The van der Waals surface area contributed by atoms with E-state index in [1.165, 1.54) is 25.6 Å². The monoisotopic (exact) mass is 272 g/mol. The summed E-state index contributed by atoms with van der Waals surface area (Å²) in [6.07, 6.45) is 2.61. The molecule has 0 aliphatic rings. The Morgan fingerprint density at radius 2 is 1.95 bits per heavy atom. The Balaban J connectivity index is 2.35. The molecular formula is C13H12N4O3. The fraction of sp³-hybridized carbons (Fsp3) is 0.0769. The highest BCUT2D eigenvalue weighted by atomic mass is 16.6. The van der Waals surface area contributed by atoms with Crippen molar-refractivity contribution in [1.29, 1.82) is 0 Å². The van der Waals surface area contributed by atoms with Crippen molar-refractivity contribution in [3.05, 3.63) is 48.9 Å². The van der Waals surface area contributed by atoms with E-state index in [4.69, 9.17) is 0 Å². The molecule has 2 rings (SSSR count). The van der Waals surface area contributed by atoms with Crippen LogP contribution in [0.1, 0.15) is 0 Å². The highest BCUT2D eigenvalue weighted by molar-refractivity contribution is 5.99. The smallest absolute Gasteiger partial charge is 0.359 e. The first-order valence-corrected chi connectivity index (χ1v) is 5.77. The SMILES string of the molecule is CNC(=O)OC(=O)N(c1ccccc1)c1cnccn1. The van der Waals surface area contributed by atoms with Gasteiger partial charge in [-0.15, -0.1) is 0 Å². The number of hydrogen-bond acceptors (Lipinski definition) is 5. The molecule has 1 heterocycles. The quantitative estimate of drug-likeness (QED) is 0.846. The maximum atomic E-state index is 12.1. The van der Waals surface area contributed by atoms with Gasteiger partial charge in [0.2, 0.25) is 0 Å². The molecule has 0 radical (unpaired) electrons. The summed E-state index contributed by atoms with van der Waals surface area (Å²) in [5, 5.41) is 2.21. The standard InChI is InChI=1S/C13H12N4O3/c1-14-12(18)20-13(19)17(10-5-3-2-4-6-10)11-9-15-7-8-16-11/h2-9H,1H3,(H,14,18). The Kier molecular flexibility index (Phi) is 4.23. The summed E-state index contributed by atoms with van der Waals surface area (Å²) in [6, 6.07) is 8.71. The van der Waals surface area contributed by atoms with Gasteiger partial charge in [0.1, 0.15) is 0 Å². The zero-order valence-electron chi connectivity index (χ0n) is 10.7. The van der Waals surface area contributed by atoms with E-state index in [9.17, 15) is 9.59 Å². The molecule has 0 aliphatic heterocycles. The van der Waals surface area contributed by atoms with E-state index < -0.39 is 12.2 Å². The van der Waals surface area contributed by atoms with Crippen LogP contribution in [0.15, 0.2) is 48.9 Å². The van der Waals surface area contributed by atoms with E-state index in [1.54, 1.807) is 24.3 Å². The molecule has 0 saturated heterocycles. The zero-order chi connectivity index (χ0) is 14.4. The number of hydrogen-bond donors (Lipinski definition) is 1. The second kappa shape index (κ2) is 6.28. The van der Waals surface area contributed by atoms with E-state index in [0.717, 1.165) is 4.90 Å². The second-order valence-corrected chi connectivity index (χ2v) is 3.64. The van der Waals surface area contributed by atoms with Crippen molar-refractivity contribution >= 4 is 23.7 Å². The number of amides is 2. The van der Waals surface area contributed by atoms with Gasteiger partial charge in [-0.2, -0.15) is 0 Å². The van der Waals surface area contributed by atoms with Gasteiger partial charge in [-0.3, -0.25) is 4.98 Å². The lowest BCUT2D eigenvalue weighted by atomic mass is 10.3. The van der Waals surface area contributed by atoms with Crippen LogP contribution < -0.4 is 10.2 Å². The average Bonchev–Trinajstić information content (AvgIpc) is 2.49. The first-order valence-electron chi connectivity index (χ1n) is 5.77. The van der Waals surface area contributed by atoms with Crippen molar-refractivity contribution in [3.63, 3.8) is 0 Å². The summed E-state index contributed by atoms with van der Waals surface area (Å²) in [5.74, 6) is 0.257. The molecule has 1 N–H and O–H groups in total. The highest BCUT2D eigenvalue weighted by Crippen LogP contribution is 2.23. The van der Waals surface area contributed by atoms with Crippen LogP contribution in [0.5, 0.6) is 0 Å². The summed E-state index contributed by atoms with van der Waals surface area (Å²) >= 11 is 0. The lowest BCUT2D eigenvalue weighted by Gasteiger charge is -2.19. The number of benzene rings is 1. The Bertz CT molecular complexity index is 550. The fourth-order valence-electron chi connectivity index (χ4n) is 1.49. The number of nitrogens with one attached hydrogen (secondary N) is 1. The predicted molar refractivity (Wildman–Crippen MR) is 71.5 cm³/mol. The lowest BCUT2D eigenvalue weighted by molar-refractivity contribution is 0.158. The molecule has 7 heteroatoms. The Hall–Kier alpha value is -2.96. The number of ether oxygens (including phenoxy) is 1. The van der Waals surface area contributed by atoms with Crippen molar-refractivity contribution < 1.29 is 14.3 Å². The molecular weight excluding hydrogens is 260 g/mol. The highest BCUT2D eigenvalue weighted by Gasteiger charge is 2.23. The molecule has 20 heavy (non-hydrogen) atoms. The number of alkyl carbamates (subject to hydrolysis) is 1. The van der Waals surface area contributed by atoms with Crippen LogP contribution in [0.25, 0.3) is 0 Å². The third kappa shape index (κ3) is 3.08. The lowest BCUT2D eigenvalue weighted by Crippen LogP contribution is -2.32. The molecule has 1 aromatic carbocycles. The normalized spacial score (nSPS) is 9.65. The van der Waals surface area contributed by atoms with Crippen molar-refractivity contribution in [1.82, 2.24) is 15.3 Å². The van der Waals surface area contributed by atoms with E-state index in [2.05, 4.69) is 20.0 Å². The Labute approximate surface area is 115 Å². The number of aromatic nitrogens is 2. The van der Waals surface area contributed by atoms with E-state index in [-0.39, 0.29) is 5.82 Å². The van der Waals surface area contributed by atoms with Crippen molar-refractivity contribution in [2.45, 2.75) is 0 Å². The van der Waals surface area contributed by atoms with Crippen molar-refractivity contribution in [3.8, 4) is 0 Å². The minimum atomic E-state index is -0.865. The molecule has 0 atom stereocenters. The van der Waals surface area contributed by atoms with E-state index >= 15 is 0 Å². The second-order valence-electron chi connectivity index (χ2n) is 3.64. The summed E-state index contributed by atoms with van der Waals surface area (Å²) in [5.41, 5.74) is 0.516. The first kappa shape index (κ1) is 13.5. The van der Waals surface area contributed by atoms with Gasteiger partial charge in [0.25, 0.3) is 0 Å². The van der Waals surface area contributed by atoms with Crippen LogP contribution in [0, 0.1) is 0 Å². The zero-order valence-corrected chi connectivity index (χ0v) is 10.7. The van der Waals surface area contributed by atoms with E-state index in [1.807, 2.05) is 6.07 Å². The van der Waals surface area contributed by atoms with Gasteiger partial charge in [0.15, 0.2) is 5.82 Å². The minimum absolute atomic E-state index is 0.257. The molecule has 102 valence electrons. The van der Waals surface area contributed by atoms with Gasteiger partial charge in [0, 0.05) is 19.4 Å². The molecule has 1 aromatic heterocycles. The van der Waals surface area contributed by atoms with Crippen LogP contribution in [-0.4, -0.2) is 29.2 Å². The van der Waals surface area contributed by atoms with Crippen molar-refractivity contribution in [2.75, 3.05) is 11.9 Å². The largest absolute Gasteiger partial charge is 0.429 e. The van der Waals surface area contributed by atoms with Gasteiger partial charge in [-0.25, -0.2) is 19.5 Å². The number of carbonyl (C=O) groups is 2. The molecule has 2 amide bonds. The van der Waals surface area contributed by atoms with Crippen LogP contribution in [-0.2, 0) is 4.74 Å². The van der Waals surface area contributed by atoms with Gasteiger partial charge in [0.05, 0.1) is 11.9 Å².